The Labute approximate surface area is 159 Å². The number of anilines is 1. The normalized spacial score (nSPS) is 11.5. The van der Waals surface area contributed by atoms with Gasteiger partial charge in [0.2, 0.25) is 5.91 Å². The number of nitrogens with one attached hydrogen (secondary N) is 1. The quantitative estimate of drug-likeness (QED) is 0.639. The van der Waals surface area contributed by atoms with E-state index in [1.807, 2.05) is 24.3 Å². The molecule has 0 aliphatic heterocycles. The van der Waals surface area contributed by atoms with E-state index in [2.05, 4.69) is 21.2 Å². The minimum absolute atomic E-state index is 0.0151. The van der Waals surface area contributed by atoms with Crippen molar-refractivity contribution in [1.29, 1.82) is 0 Å². The summed E-state index contributed by atoms with van der Waals surface area (Å²) in [5.74, 6) is -1.50. The second-order valence-corrected chi connectivity index (χ2v) is 8.77. The van der Waals surface area contributed by atoms with Gasteiger partial charge in [-0.3, -0.25) is 4.79 Å². The maximum atomic E-state index is 13.7. The van der Waals surface area contributed by atoms with Crippen LogP contribution in [0.4, 0.5) is 10.1 Å². The predicted octanol–water partition coefficient (Wildman–Crippen LogP) is 4.54. The molecule has 0 heterocycles. The van der Waals surface area contributed by atoms with Gasteiger partial charge in [0.25, 0.3) is 0 Å². The highest BCUT2D eigenvalue weighted by atomic mass is 79.9. The molecule has 0 saturated carbocycles. The van der Waals surface area contributed by atoms with Gasteiger partial charge in [0, 0.05) is 10.9 Å². The van der Waals surface area contributed by atoms with Crippen LogP contribution in [0, 0.1) is 5.82 Å². The van der Waals surface area contributed by atoms with E-state index < -0.39 is 21.6 Å². The average molecular weight is 436 g/mol. The van der Waals surface area contributed by atoms with Crippen LogP contribution in [0.3, 0.4) is 0 Å². The van der Waals surface area contributed by atoms with Crippen molar-refractivity contribution in [2.45, 2.75) is 11.3 Å². The van der Waals surface area contributed by atoms with Crippen LogP contribution in [0.1, 0.15) is 6.42 Å². The molecular formula is C19H15BrFNO3S. The molecule has 0 aliphatic carbocycles. The number of amides is 1. The highest BCUT2D eigenvalue weighted by Gasteiger charge is 2.17. The molecule has 0 atom stereocenters. The van der Waals surface area contributed by atoms with E-state index in [0.29, 0.717) is 4.47 Å². The molecule has 3 aromatic carbocycles. The van der Waals surface area contributed by atoms with Crippen LogP contribution in [-0.4, -0.2) is 20.1 Å². The summed E-state index contributed by atoms with van der Waals surface area (Å²) in [5.41, 5.74) is 0.0151. The summed E-state index contributed by atoms with van der Waals surface area (Å²) in [6.07, 6.45) is -0.259. The van der Waals surface area contributed by atoms with Gasteiger partial charge in [-0.05, 0) is 41.1 Å². The van der Waals surface area contributed by atoms with Crippen LogP contribution in [0.5, 0.6) is 0 Å². The lowest BCUT2D eigenvalue weighted by atomic mass is 10.1. The number of halogens is 2. The molecule has 7 heteroatoms. The van der Waals surface area contributed by atoms with Crippen molar-refractivity contribution in [2.24, 2.45) is 0 Å². The molecule has 0 unspecified atom stereocenters. The first-order chi connectivity index (χ1) is 12.3. The zero-order chi connectivity index (χ0) is 18.7. The Bertz CT molecular complexity index is 1080. The fourth-order valence-corrected chi connectivity index (χ4v) is 4.11. The average Bonchev–Trinajstić information content (AvgIpc) is 2.62. The summed E-state index contributed by atoms with van der Waals surface area (Å²) in [6.45, 7) is 0. The second-order valence-electron chi connectivity index (χ2n) is 5.75. The maximum Gasteiger partial charge on any atom is 0.225 e. The van der Waals surface area contributed by atoms with Crippen molar-refractivity contribution in [3.05, 3.63) is 71.0 Å². The molecule has 26 heavy (non-hydrogen) atoms. The van der Waals surface area contributed by atoms with Gasteiger partial charge in [0.1, 0.15) is 5.82 Å². The molecule has 1 amide bonds. The number of rotatable bonds is 5. The summed E-state index contributed by atoms with van der Waals surface area (Å²) in [5, 5.41) is 4.15. The summed E-state index contributed by atoms with van der Waals surface area (Å²) in [7, 11) is -3.62. The third kappa shape index (κ3) is 4.28. The number of carbonyl (C=O) groups excluding carboxylic acids is 1. The van der Waals surface area contributed by atoms with Crippen molar-refractivity contribution in [2.75, 3.05) is 11.1 Å². The van der Waals surface area contributed by atoms with Gasteiger partial charge in [-0.1, -0.05) is 46.3 Å². The lowest BCUT2D eigenvalue weighted by Gasteiger charge is -2.08. The van der Waals surface area contributed by atoms with Gasteiger partial charge in [-0.15, -0.1) is 0 Å². The Morgan fingerprint density at radius 3 is 2.46 bits per heavy atom. The lowest BCUT2D eigenvalue weighted by Crippen LogP contribution is -2.18. The minimum Gasteiger partial charge on any atom is -0.324 e. The summed E-state index contributed by atoms with van der Waals surface area (Å²) < 4.78 is 39.3. The second kappa shape index (κ2) is 7.55. The van der Waals surface area contributed by atoms with Gasteiger partial charge >= 0.3 is 0 Å². The number of hydrogen-bond donors (Lipinski definition) is 1. The Morgan fingerprint density at radius 1 is 1.00 bits per heavy atom. The van der Waals surface area contributed by atoms with Crippen molar-refractivity contribution >= 4 is 48.1 Å². The largest absolute Gasteiger partial charge is 0.324 e. The Morgan fingerprint density at radius 2 is 1.73 bits per heavy atom. The standard InChI is InChI=1S/C19H15BrFNO3S/c20-15-6-8-18(17(21)12-15)22-19(23)9-10-26(24,25)16-7-5-13-3-1-2-4-14(13)11-16/h1-8,11-12H,9-10H2,(H,22,23). The third-order valence-electron chi connectivity index (χ3n) is 3.88. The number of hydrogen-bond acceptors (Lipinski definition) is 3. The lowest BCUT2D eigenvalue weighted by molar-refractivity contribution is -0.115. The maximum absolute atomic E-state index is 13.7. The van der Waals surface area contributed by atoms with E-state index in [-0.39, 0.29) is 22.8 Å². The van der Waals surface area contributed by atoms with Crippen LogP contribution in [0.15, 0.2) is 70.0 Å². The van der Waals surface area contributed by atoms with E-state index in [1.54, 1.807) is 18.2 Å². The molecule has 0 saturated heterocycles. The Balaban J connectivity index is 1.69. The molecule has 0 spiro atoms. The number of sulfone groups is 1. The van der Waals surface area contributed by atoms with E-state index in [1.165, 1.54) is 18.2 Å². The van der Waals surface area contributed by atoms with E-state index in [4.69, 9.17) is 0 Å². The SMILES string of the molecule is O=C(CCS(=O)(=O)c1ccc2ccccc2c1)Nc1ccc(Br)cc1F. The highest BCUT2D eigenvalue weighted by molar-refractivity contribution is 9.10. The van der Waals surface area contributed by atoms with Gasteiger partial charge in [-0.2, -0.15) is 0 Å². The van der Waals surface area contributed by atoms with E-state index in [9.17, 15) is 17.6 Å². The Hall–Kier alpha value is -2.25. The van der Waals surface area contributed by atoms with Crippen molar-refractivity contribution < 1.29 is 17.6 Å². The summed E-state index contributed by atoms with van der Waals surface area (Å²) >= 11 is 3.13. The zero-order valence-electron chi connectivity index (χ0n) is 13.6. The number of carbonyl (C=O) groups is 1. The summed E-state index contributed by atoms with van der Waals surface area (Å²) in [4.78, 5) is 12.2. The van der Waals surface area contributed by atoms with Crippen LogP contribution in [0.2, 0.25) is 0 Å². The first-order valence-electron chi connectivity index (χ1n) is 7.82. The predicted molar refractivity (Wildman–Crippen MR) is 103 cm³/mol. The molecule has 4 nitrogen and oxygen atoms in total. The first-order valence-corrected chi connectivity index (χ1v) is 10.3. The third-order valence-corrected chi connectivity index (χ3v) is 6.09. The van der Waals surface area contributed by atoms with Gasteiger partial charge < -0.3 is 5.32 Å². The van der Waals surface area contributed by atoms with Gasteiger partial charge in [0.15, 0.2) is 9.84 Å². The number of benzene rings is 3. The molecule has 3 aromatic rings. The molecule has 0 radical (unpaired) electrons. The molecule has 0 aromatic heterocycles. The zero-order valence-corrected chi connectivity index (χ0v) is 16.0. The molecule has 0 aliphatic rings. The molecule has 134 valence electrons. The van der Waals surface area contributed by atoms with Crippen LogP contribution in [0.25, 0.3) is 10.8 Å². The smallest absolute Gasteiger partial charge is 0.225 e. The Kier molecular flexibility index (Phi) is 5.38. The molecule has 3 rings (SSSR count). The highest BCUT2D eigenvalue weighted by Crippen LogP contribution is 2.21. The van der Waals surface area contributed by atoms with Gasteiger partial charge in [-0.25, -0.2) is 12.8 Å². The molecule has 1 N–H and O–H groups in total. The topological polar surface area (TPSA) is 63.2 Å². The van der Waals surface area contributed by atoms with Crippen molar-refractivity contribution in [3.8, 4) is 0 Å². The monoisotopic (exact) mass is 435 g/mol. The first kappa shape index (κ1) is 18.5. The van der Waals surface area contributed by atoms with Crippen LogP contribution >= 0.6 is 15.9 Å². The van der Waals surface area contributed by atoms with E-state index >= 15 is 0 Å². The molecular weight excluding hydrogens is 421 g/mol. The van der Waals surface area contributed by atoms with Crippen molar-refractivity contribution in [1.82, 2.24) is 0 Å². The molecule has 0 bridgehead atoms. The van der Waals surface area contributed by atoms with Crippen LogP contribution < -0.4 is 5.32 Å². The van der Waals surface area contributed by atoms with Crippen LogP contribution in [-0.2, 0) is 14.6 Å². The fourth-order valence-electron chi connectivity index (χ4n) is 2.51. The minimum atomic E-state index is -3.62. The fraction of sp³-hybridized carbons (Fsp3) is 0.105. The summed E-state index contributed by atoms with van der Waals surface area (Å²) in [6, 6.07) is 16.5. The van der Waals surface area contributed by atoms with Gasteiger partial charge in [0.05, 0.1) is 16.3 Å². The molecule has 0 fully saturated rings. The van der Waals surface area contributed by atoms with Crippen molar-refractivity contribution in [3.63, 3.8) is 0 Å². The number of fused-ring (bicyclic) bond motifs is 1. The van der Waals surface area contributed by atoms with E-state index in [0.717, 1.165) is 10.8 Å².